The van der Waals surface area contributed by atoms with Crippen LogP contribution in [0, 0.1) is 10.7 Å². The smallest absolute Gasteiger partial charge is 0.306 e. The van der Waals surface area contributed by atoms with Crippen molar-refractivity contribution in [3.63, 3.8) is 0 Å². The van der Waals surface area contributed by atoms with Crippen molar-refractivity contribution in [2.75, 3.05) is 6.26 Å². The van der Waals surface area contributed by atoms with Gasteiger partial charge in [0.05, 0.1) is 5.92 Å². The Kier molecular flexibility index (Phi) is 3.53. The summed E-state index contributed by atoms with van der Waals surface area (Å²) in [5.41, 5.74) is 0. The number of nitrogens with one attached hydrogen (secondary N) is 1. The Bertz CT molecular complexity index is 269. The summed E-state index contributed by atoms with van der Waals surface area (Å²) < 4.78 is 18.2. The van der Waals surface area contributed by atoms with Gasteiger partial charge in [-0.1, -0.05) is 0 Å². The fraction of sp³-hybridized carbons (Fsp3) is 0.833. The summed E-state index contributed by atoms with van der Waals surface area (Å²) in [6, 6.07) is 0. The molecule has 0 aromatic carbocycles. The highest BCUT2D eigenvalue weighted by Gasteiger charge is 2.38. The molecule has 72 valence electrons. The summed E-state index contributed by atoms with van der Waals surface area (Å²) >= 11 is 0. The first-order valence-electron chi connectivity index (χ1n) is 3.36. The van der Waals surface area contributed by atoms with E-state index in [0.29, 0.717) is 12.8 Å². The minimum atomic E-state index is -2.50. The molecule has 1 unspecified atom stereocenters. The van der Waals surface area contributed by atoms with Gasteiger partial charge < -0.3 is 5.11 Å². The van der Waals surface area contributed by atoms with Crippen LogP contribution in [0.5, 0.6) is 0 Å². The van der Waals surface area contributed by atoms with Gasteiger partial charge in [0, 0.05) is 21.2 Å². The summed E-state index contributed by atoms with van der Waals surface area (Å²) in [7, 11) is -2.50. The Morgan fingerprint density at radius 3 is 2.25 bits per heavy atom. The second-order valence-corrected chi connectivity index (χ2v) is 5.51. The molecular weight excluding hydrogens is 202 g/mol. The number of hydrogen-bond acceptors (Lipinski definition) is 3. The molecule has 6 heteroatoms. The number of carbonyl (C=O) groups is 1. The maximum Gasteiger partial charge on any atom is 0.306 e. The molecule has 2 N–H and O–H groups in total. The van der Waals surface area contributed by atoms with Crippen molar-refractivity contribution in [1.29, 1.82) is 4.78 Å². The summed E-state index contributed by atoms with van der Waals surface area (Å²) in [5.74, 6) is -1.18. The van der Waals surface area contributed by atoms with Crippen LogP contribution in [0.1, 0.15) is 12.8 Å². The van der Waals surface area contributed by atoms with Crippen LogP contribution in [-0.4, -0.2) is 26.8 Å². The molecule has 0 bridgehead atoms. The predicted octanol–water partition coefficient (Wildman–Crippen LogP) is 0.948. The molecule has 0 amide bonds. The summed E-state index contributed by atoms with van der Waals surface area (Å²) in [5, 5.41) is 8.27. The molecule has 12 heavy (non-hydrogen) atoms. The Balaban J connectivity index is 0.00000121. The zero-order valence-electron chi connectivity index (χ0n) is 6.65. The number of carboxylic acids is 1. The normalized spacial score (nSPS) is 32.4. The van der Waals surface area contributed by atoms with Crippen LogP contribution >= 0.6 is 12.4 Å². The number of carboxylic acid groups (broad SMARTS) is 1. The Hall–Kier alpha value is -0.290. The molecule has 1 rings (SSSR count). The van der Waals surface area contributed by atoms with Crippen LogP contribution in [0.2, 0.25) is 0 Å². The molecule has 0 heterocycles. The molecule has 1 aliphatic rings. The number of aliphatic carboxylic acids is 1. The van der Waals surface area contributed by atoms with E-state index in [4.69, 9.17) is 9.89 Å². The van der Waals surface area contributed by atoms with E-state index in [0.717, 1.165) is 0 Å². The zero-order chi connectivity index (χ0) is 8.65. The lowest BCUT2D eigenvalue weighted by atomic mass is 9.85. The van der Waals surface area contributed by atoms with Gasteiger partial charge in [-0.15, -0.1) is 12.4 Å². The van der Waals surface area contributed by atoms with Crippen LogP contribution < -0.4 is 0 Å². The highest BCUT2D eigenvalue weighted by molar-refractivity contribution is 7.92. The third-order valence-electron chi connectivity index (χ3n) is 2.08. The first kappa shape index (κ1) is 11.7. The van der Waals surface area contributed by atoms with Crippen LogP contribution in [-0.2, 0) is 14.5 Å². The largest absolute Gasteiger partial charge is 0.481 e. The van der Waals surface area contributed by atoms with Gasteiger partial charge in [0.2, 0.25) is 0 Å². The quantitative estimate of drug-likeness (QED) is 0.717. The number of rotatable bonds is 2. The minimum absolute atomic E-state index is 0. The molecule has 0 aromatic rings. The third kappa shape index (κ3) is 2.35. The van der Waals surface area contributed by atoms with Crippen LogP contribution in [0.25, 0.3) is 0 Å². The van der Waals surface area contributed by atoms with Gasteiger partial charge in [0.15, 0.2) is 0 Å². The maximum absolute atomic E-state index is 11.0. The van der Waals surface area contributed by atoms with E-state index >= 15 is 0 Å². The molecule has 4 nitrogen and oxygen atoms in total. The van der Waals surface area contributed by atoms with Crippen molar-refractivity contribution in [3.8, 4) is 0 Å². The van der Waals surface area contributed by atoms with E-state index in [2.05, 4.69) is 0 Å². The molecule has 1 fully saturated rings. The van der Waals surface area contributed by atoms with E-state index in [1.165, 1.54) is 6.26 Å². The molecule has 1 saturated carbocycles. The summed E-state index contributed by atoms with van der Waals surface area (Å²) in [6.45, 7) is 0. The van der Waals surface area contributed by atoms with Crippen molar-refractivity contribution in [3.05, 3.63) is 0 Å². The minimum Gasteiger partial charge on any atom is -0.481 e. The molecule has 0 aliphatic heterocycles. The number of halogens is 1. The first-order chi connectivity index (χ1) is 4.91. The van der Waals surface area contributed by atoms with E-state index in [9.17, 15) is 9.00 Å². The maximum atomic E-state index is 11.0. The van der Waals surface area contributed by atoms with E-state index in [-0.39, 0.29) is 23.6 Å². The lowest BCUT2D eigenvalue weighted by Crippen LogP contribution is -2.38. The highest BCUT2D eigenvalue weighted by atomic mass is 35.5. The van der Waals surface area contributed by atoms with Crippen LogP contribution in [0.3, 0.4) is 0 Å². The Labute approximate surface area is 77.7 Å². The molecule has 0 aromatic heterocycles. The Morgan fingerprint density at radius 1 is 1.58 bits per heavy atom. The Morgan fingerprint density at radius 2 is 2.00 bits per heavy atom. The average molecular weight is 214 g/mol. The van der Waals surface area contributed by atoms with Crippen molar-refractivity contribution in [2.45, 2.75) is 18.1 Å². The summed E-state index contributed by atoms with van der Waals surface area (Å²) in [4.78, 5) is 10.3. The van der Waals surface area contributed by atoms with E-state index in [1.54, 1.807) is 0 Å². The van der Waals surface area contributed by atoms with Crippen molar-refractivity contribution in [2.24, 2.45) is 5.92 Å². The van der Waals surface area contributed by atoms with Crippen LogP contribution in [0.4, 0.5) is 0 Å². The lowest BCUT2D eigenvalue weighted by molar-refractivity contribution is -0.144. The predicted molar refractivity (Wildman–Crippen MR) is 48.2 cm³/mol. The first-order valence-corrected chi connectivity index (χ1v) is 5.39. The van der Waals surface area contributed by atoms with Crippen LogP contribution in [0.15, 0.2) is 0 Å². The van der Waals surface area contributed by atoms with Gasteiger partial charge in [0.1, 0.15) is 0 Å². The average Bonchev–Trinajstić information content (AvgIpc) is 1.51. The van der Waals surface area contributed by atoms with Gasteiger partial charge in [-0.2, -0.15) is 0 Å². The fourth-order valence-corrected chi connectivity index (χ4v) is 2.33. The van der Waals surface area contributed by atoms with Gasteiger partial charge in [-0.25, -0.2) is 4.21 Å². The van der Waals surface area contributed by atoms with Gasteiger partial charge >= 0.3 is 5.97 Å². The second kappa shape index (κ2) is 3.62. The third-order valence-corrected chi connectivity index (χ3v) is 3.74. The molecule has 0 saturated heterocycles. The fourth-order valence-electron chi connectivity index (χ4n) is 1.13. The summed E-state index contributed by atoms with van der Waals surface area (Å²) in [6.07, 6.45) is 2.19. The SMILES string of the molecule is CS(=N)(=O)C1CC(C(=O)O)C1.Cl. The number of hydrogen-bond donors (Lipinski definition) is 2. The molecule has 1 aliphatic carbocycles. The van der Waals surface area contributed by atoms with E-state index < -0.39 is 15.7 Å². The molecule has 0 spiro atoms. The second-order valence-electron chi connectivity index (χ2n) is 3.03. The van der Waals surface area contributed by atoms with Crippen molar-refractivity contribution in [1.82, 2.24) is 0 Å². The monoisotopic (exact) mass is 213 g/mol. The van der Waals surface area contributed by atoms with Gasteiger partial charge in [-0.3, -0.25) is 9.57 Å². The van der Waals surface area contributed by atoms with Gasteiger partial charge in [-0.05, 0) is 12.8 Å². The highest BCUT2D eigenvalue weighted by Crippen LogP contribution is 2.32. The molecular formula is C6H12ClNO3S. The standard InChI is InChI=1S/C6H11NO3S.ClH/c1-11(7,10)5-2-4(3-5)6(8)9;/h4-5,7H,2-3H2,1H3,(H,8,9);1H. The zero-order valence-corrected chi connectivity index (χ0v) is 8.28. The van der Waals surface area contributed by atoms with E-state index in [1.807, 2.05) is 0 Å². The lowest BCUT2D eigenvalue weighted by Gasteiger charge is -2.31. The molecule has 0 radical (unpaired) electrons. The topological polar surface area (TPSA) is 78.2 Å². The molecule has 1 atom stereocenters. The van der Waals surface area contributed by atoms with Gasteiger partial charge in [0.25, 0.3) is 0 Å². The van der Waals surface area contributed by atoms with Crippen molar-refractivity contribution < 1.29 is 14.1 Å². The van der Waals surface area contributed by atoms with Crippen molar-refractivity contribution >= 4 is 28.1 Å².